The molecule has 14 rings (SSSR count). The van der Waals surface area contributed by atoms with Crippen LogP contribution in [0.25, 0.3) is 22.1 Å². The lowest BCUT2D eigenvalue weighted by Gasteiger charge is -2.47. The van der Waals surface area contributed by atoms with Crippen molar-refractivity contribution >= 4 is 68.4 Å². The molecule has 0 atom stereocenters. The molecule has 3 nitrogen and oxygen atoms in total. The lowest BCUT2D eigenvalue weighted by Crippen LogP contribution is -2.61. The molecule has 5 aliphatic carbocycles. The molecule has 4 heteroatoms. The van der Waals surface area contributed by atoms with E-state index in [-0.39, 0.29) is 60.9 Å². The van der Waals surface area contributed by atoms with E-state index in [1.165, 1.54) is 149 Å². The van der Waals surface area contributed by atoms with E-state index < -0.39 is 0 Å². The fourth-order valence-electron chi connectivity index (χ4n) is 17.5. The molecule has 0 saturated carbocycles. The highest BCUT2D eigenvalue weighted by atomic mass is 16.4. The minimum atomic E-state index is -0.0917. The van der Waals surface area contributed by atoms with Crippen molar-refractivity contribution in [1.29, 1.82) is 0 Å². The van der Waals surface area contributed by atoms with Crippen LogP contribution in [-0.2, 0) is 54.1 Å². The van der Waals surface area contributed by atoms with Crippen LogP contribution >= 0.6 is 0 Å². The van der Waals surface area contributed by atoms with Gasteiger partial charge in [-0.25, -0.2) is 0 Å². The molecular formula is C78H95BN2O. The number of hydrogen-bond donors (Lipinski definition) is 0. The summed E-state index contributed by atoms with van der Waals surface area (Å²) < 4.78 is 7.88. The summed E-state index contributed by atoms with van der Waals surface area (Å²) in [5, 5.41) is 1.27. The van der Waals surface area contributed by atoms with Crippen LogP contribution in [0.1, 0.15) is 258 Å². The van der Waals surface area contributed by atoms with Gasteiger partial charge >= 0.3 is 0 Å². The zero-order valence-corrected chi connectivity index (χ0v) is 54.1. The highest BCUT2D eigenvalue weighted by Gasteiger charge is 2.51. The monoisotopic (exact) mass is 1090 g/mol. The highest BCUT2D eigenvalue weighted by molar-refractivity contribution is 7.01. The average Bonchev–Trinajstić information content (AvgIpc) is 2.05. The Balaban J connectivity index is 1.16. The molecule has 0 amide bonds. The van der Waals surface area contributed by atoms with Gasteiger partial charge in [0.25, 0.3) is 6.71 Å². The Kier molecular flexibility index (Phi) is 11.1. The number of rotatable bonds is 3. The topological polar surface area (TPSA) is 19.6 Å². The molecule has 0 N–H and O–H groups in total. The van der Waals surface area contributed by atoms with Crippen LogP contribution in [0.4, 0.5) is 34.3 Å². The smallest absolute Gasteiger partial charge is 0.257 e. The van der Waals surface area contributed by atoms with E-state index in [1.807, 2.05) is 0 Å². The second-order valence-electron chi connectivity index (χ2n) is 34.3. The molecule has 7 aliphatic rings. The quantitative estimate of drug-likeness (QED) is 0.164. The second-order valence-corrected chi connectivity index (χ2v) is 34.3. The first-order valence-corrected chi connectivity index (χ1v) is 32.1. The van der Waals surface area contributed by atoms with Crippen molar-refractivity contribution < 1.29 is 4.42 Å². The molecule has 0 saturated heterocycles. The lowest BCUT2D eigenvalue weighted by molar-refractivity contribution is 0.332. The van der Waals surface area contributed by atoms with Gasteiger partial charge in [-0.2, -0.15) is 0 Å². The third-order valence-electron chi connectivity index (χ3n) is 24.0. The van der Waals surface area contributed by atoms with E-state index in [9.17, 15) is 0 Å². The van der Waals surface area contributed by atoms with Crippen molar-refractivity contribution in [2.24, 2.45) is 0 Å². The third kappa shape index (κ3) is 7.71. The van der Waals surface area contributed by atoms with Crippen molar-refractivity contribution in [1.82, 2.24) is 0 Å². The van der Waals surface area contributed by atoms with Crippen molar-refractivity contribution in [3.8, 4) is 11.1 Å². The zero-order chi connectivity index (χ0) is 58.4. The van der Waals surface area contributed by atoms with Gasteiger partial charge in [0.05, 0.1) is 0 Å². The van der Waals surface area contributed by atoms with Gasteiger partial charge in [-0.15, -0.1) is 0 Å². The minimum absolute atomic E-state index is 0.00746. The number of hydrogen-bond acceptors (Lipinski definition) is 3. The van der Waals surface area contributed by atoms with E-state index in [0.717, 1.165) is 43.6 Å². The lowest BCUT2D eigenvalue weighted by atomic mass is 9.33. The molecule has 3 heterocycles. The van der Waals surface area contributed by atoms with Crippen LogP contribution in [0.15, 0.2) is 95.4 Å². The molecule has 0 unspecified atom stereocenters. The normalized spacial score (nSPS) is 23.3. The molecule has 0 bridgehead atoms. The zero-order valence-electron chi connectivity index (χ0n) is 54.1. The van der Waals surface area contributed by atoms with E-state index in [1.54, 1.807) is 0 Å². The number of anilines is 6. The van der Waals surface area contributed by atoms with Crippen LogP contribution in [0, 0.1) is 0 Å². The maximum absolute atomic E-state index is 7.88. The molecular weight excluding hydrogens is 992 g/mol. The number of benzene rings is 6. The Morgan fingerprint density at radius 1 is 0.305 bits per heavy atom. The van der Waals surface area contributed by atoms with Crippen LogP contribution in [0.2, 0.25) is 0 Å². The van der Waals surface area contributed by atoms with Gasteiger partial charge in [0.2, 0.25) is 5.88 Å². The molecule has 6 aromatic carbocycles. The summed E-state index contributed by atoms with van der Waals surface area (Å²) in [6, 6.07) is 38.6. The SMILES string of the molecule is CC1(C)CCC(C)(C)c2cc(-c3cc4c5c(c3)N(c3ccc6c(c3)C(C)(C)CCC6(C)C)c3oc6cc7c(cc6c3B5c3cc5c(cc3N4c3ccc4c(c3)C(C)(C)CCC4(C)C)C(C)(C)CCC5(C)C)C(C)(C)CCC7(C)C)ccc21. The second kappa shape index (κ2) is 16.7. The summed E-state index contributed by atoms with van der Waals surface area (Å²) in [4.78, 5) is 5.40. The highest BCUT2D eigenvalue weighted by Crippen LogP contribution is 2.57. The molecule has 1 aromatic heterocycles. The van der Waals surface area contributed by atoms with E-state index in [0.29, 0.717) is 0 Å². The van der Waals surface area contributed by atoms with Gasteiger partial charge in [0.15, 0.2) is 0 Å². The van der Waals surface area contributed by atoms with Crippen molar-refractivity contribution in [2.75, 3.05) is 9.80 Å². The van der Waals surface area contributed by atoms with Gasteiger partial charge in [0.1, 0.15) is 5.58 Å². The predicted octanol–water partition coefficient (Wildman–Crippen LogP) is 19.9. The molecule has 0 fully saturated rings. The minimum Gasteiger partial charge on any atom is -0.440 e. The standard InChI is InChI=1S/C78H95BN2O/c1-69(2)27-30-72(7,8)54-37-46(21-24-51(54)69)47-38-63-67-64(39-47)81(49-23-26-53-56(41-49)74(11,12)32-29-71(53,5)6)68-66(50-42-57-60(45-65(50)82-68)78(19,20)36-33-75(57,13)14)79(67)61-43-58-59(77(17,18)35-34-76(58,15)16)44-62(61)80(63)48-22-25-52-55(40-48)73(9,10)31-28-70(52,3)4/h21-26,37-45H,27-36H2,1-20H3. The molecule has 2 aliphatic heterocycles. The van der Waals surface area contributed by atoms with Crippen LogP contribution in [0.3, 0.4) is 0 Å². The number of furan rings is 1. The molecule has 82 heavy (non-hydrogen) atoms. The van der Waals surface area contributed by atoms with Gasteiger partial charge in [0, 0.05) is 39.3 Å². The van der Waals surface area contributed by atoms with Crippen molar-refractivity contribution in [2.45, 2.75) is 257 Å². The van der Waals surface area contributed by atoms with Crippen LogP contribution in [-0.4, -0.2) is 6.71 Å². The Morgan fingerprint density at radius 2 is 0.659 bits per heavy atom. The van der Waals surface area contributed by atoms with Gasteiger partial charge in [-0.3, -0.25) is 4.90 Å². The first kappa shape index (κ1) is 54.5. The van der Waals surface area contributed by atoms with Gasteiger partial charge in [-0.05, 0) is 251 Å². The first-order chi connectivity index (χ1) is 38.0. The van der Waals surface area contributed by atoms with Crippen molar-refractivity contribution in [3.05, 3.63) is 147 Å². The predicted molar refractivity (Wildman–Crippen MR) is 352 cm³/mol. The summed E-state index contributed by atoms with van der Waals surface area (Å²) in [6.45, 7) is 49.6. The molecule has 7 aromatic rings. The largest absolute Gasteiger partial charge is 0.440 e. The fraction of sp³-hybridized carbons (Fsp3) is 0.513. The fourth-order valence-corrected chi connectivity index (χ4v) is 17.5. The van der Waals surface area contributed by atoms with Crippen molar-refractivity contribution in [3.63, 3.8) is 0 Å². The maximum Gasteiger partial charge on any atom is 0.257 e. The third-order valence-corrected chi connectivity index (χ3v) is 24.0. The molecule has 426 valence electrons. The number of fused-ring (bicyclic) bond motifs is 11. The van der Waals surface area contributed by atoms with Gasteiger partial charge < -0.3 is 9.32 Å². The Morgan fingerprint density at radius 3 is 1.12 bits per heavy atom. The Bertz CT molecular complexity index is 3910. The summed E-state index contributed by atoms with van der Waals surface area (Å²) in [5.41, 5.74) is 29.2. The number of nitrogens with zero attached hydrogens (tertiary/aromatic N) is 2. The molecule has 0 spiro atoms. The summed E-state index contributed by atoms with van der Waals surface area (Å²) in [5.74, 6) is 0.976. The molecule has 0 radical (unpaired) electrons. The summed E-state index contributed by atoms with van der Waals surface area (Å²) >= 11 is 0. The van der Waals surface area contributed by atoms with E-state index >= 15 is 0 Å². The van der Waals surface area contributed by atoms with E-state index in [2.05, 4.69) is 239 Å². The van der Waals surface area contributed by atoms with E-state index in [4.69, 9.17) is 4.42 Å². The average molecular weight is 1090 g/mol. The Hall–Kier alpha value is -5.48. The van der Waals surface area contributed by atoms with Crippen LogP contribution < -0.4 is 26.2 Å². The van der Waals surface area contributed by atoms with Gasteiger partial charge in [-0.1, -0.05) is 175 Å². The summed E-state index contributed by atoms with van der Waals surface area (Å²) in [6.07, 6.45) is 11.7. The maximum atomic E-state index is 7.88. The van der Waals surface area contributed by atoms with Crippen LogP contribution in [0.5, 0.6) is 0 Å². The Labute approximate surface area is 494 Å². The summed E-state index contributed by atoms with van der Waals surface area (Å²) in [7, 11) is 0. The first-order valence-electron chi connectivity index (χ1n) is 32.1.